The van der Waals surface area contributed by atoms with E-state index >= 15 is 8.78 Å². The molecular weight excluding hydrogens is 510 g/mol. The van der Waals surface area contributed by atoms with Crippen molar-refractivity contribution in [3.63, 3.8) is 0 Å². The molecule has 1 aromatic rings. The zero-order valence-electron chi connectivity index (χ0n) is 23.3. The number of carbonyl (C=O) groups excluding carboxylic acids is 1. The molecule has 212 valence electrons. The molecule has 0 unspecified atom stereocenters. The highest BCUT2D eigenvalue weighted by Gasteiger charge is 2.71. The molecule has 0 aromatic heterocycles. The molecule has 5 atom stereocenters. The number of hydrazone groups is 1. The fraction of sp³-hybridized carbons (Fsp3) is 0.576. The van der Waals surface area contributed by atoms with Crippen molar-refractivity contribution in [1.29, 1.82) is 0 Å². The van der Waals surface area contributed by atoms with E-state index in [2.05, 4.69) is 40.9 Å². The minimum atomic E-state index is -3.59. The molecule has 5 aliphatic rings. The lowest BCUT2D eigenvalue weighted by Crippen LogP contribution is -2.60. The summed E-state index contributed by atoms with van der Waals surface area (Å²) in [5.74, 6) is -1.62. The van der Waals surface area contributed by atoms with Crippen LogP contribution in [0, 0.1) is 29.6 Å². The molecule has 3 fully saturated rings. The Morgan fingerprint density at radius 2 is 1.90 bits per heavy atom. The van der Waals surface area contributed by atoms with Crippen molar-refractivity contribution in [3.8, 4) is 12.3 Å². The lowest BCUT2D eigenvalue weighted by molar-refractivity contribution is -0.209. The molecule has 0 aliphatic heterocycles. The highest BCUT2D eigenvalue weighted by atomic mass is 19.3. The zero-order valence-corrected chi connectivity index (χ0v) is 23.3. The summed E-state index contributed by atoms with van der Waals surface area (Å²) in [6, 6.07) is 8.76. The molecule has 3 saturated carbocycles. The number of methoxy groups -OCH3 is 1. The van der Waals surface area contributed by atoms with E-state index in [9.17, 15) is 9.90 Å². The second kappa shape index (κ2) is 9.92. The Kier molecular flexibility index (Phi) is 6.79. The average Bonchev–Trinajstić information content (AvgIpc) is 3.76. The van der Waals surface area contributed by atoms with Crippen LogP contribution < -0.4 is 5.43 Å². The maximum Gasteiger partial charge on any atom is 0.336 e. The van der Waals surface area contributed by atoms with Crippen molar-refractivity contribution in [1.82, 2.24) is 5.43 Å². The number of fused-ring (bicyclic) bond motifs is 4. The van der Waals surface area contributed by atoms with E-state index < -0.39 is 16.9 Å². The number of hydrogen-bond acceptors (Lipinski definition) is 4. The van der Waals surface area contributed by atoms with E-state index in [-0.39, 0.29) is 36.7 Å². The molecule has 2 N–H and O–H groups in total. The van der Waals surface area contributed by atoms with Crippen molar-refractivity contribution in [2.75, 3.05) is 13.7 Å². The summed E-state index contributed by atoms with van der Waals surface area (Å²) in [6.45, 7) is 1.82. The summed E-state index contributed by atoms with van der Waals surface area (Å²) in [4.78, 5) is 11.8. The fourth-order valence-electron chi connectivity index (χ4n) is 8.41. The van der Waals surface area contributed by atoms with Gasteiger partial charge in [-0.1, -0.05) is 36.8 Å². The summed E-state index contributed by atoms with van der Waals surface area (Å²) < 4.78 is 35.5. The van der Waals surface area contributed by atoms with Gasteiger partial charge in [-0.2, -0.15) is 13.9 Å². The van der Waals surface area contributed by atoms with Crippen molar-refractivity contribution < 1.29 is 23.4 Å². The van der Waals surface area contributed by atoms with Gasteiger partial charge in [0.1, 0.15) is 12.2 Å². The maximum absolute atomic E-state index is 15.3. The van der Waals surface area contributed by atoms with Crippen LogP contribution in [0.1, 0.15) is 87.7 Å². The van der Waals surface area contributed by atoms with Crippen LogP contribution in [0.25, 0.3) is 0 Å². The van der Waals surface area contributed by atoms with Gasteiger partial charge in [-0.25, -0.2) is 5.43 Å². The number of terminal acetylenes is 1. The second-order valence-corrected chi connectivity index (χ2v) is 12.7. The highest BCUT2D eigenvalue weighted by Crippen LogP contribution is 2.69. The Hall–Kier alpha value is -2.82. The summed E-state index contributed by atoms with van der Waals surface area (Å²) in [5, 5.41) is 16.0. The number of nitrogens with one attached hydrogen (secondary N) is 1. The molecule has 5 aliphatic carbocycles. The smallest absolute Gasteiger partial charge is 0.336 e. The standard InChI is InChI=1S/C33H38F2N2O3/c1-4-33(34,35)32(39)16-15-28-26-13-11-23-17-24(36-37-29(38)19-40-3)12-14-25(23)30(26)27(18-31(28,32)2)22-9-7-21(8-10-22)20-5-6-20/h1,7-10,17,20,26-28,39H,5-6,11-16,18-19H2,2-3H3,(H,37,38)/b36-24+/t26-,27-,28-,31-,32-/m0/s1. The summed E-state index contributed by atoms with van der Waals surface area (Å²) in [6.07, 6.45) is 14.0. The third-order valence-corrected chi connectivity index (χ3v) is 10.6. The van der Waals surface area contributed by atoms with Gasteiger partial charge in [0.25, 0.3) is 5.91 Å². The fourth-order valence-corrected chi connectivity index (χ4v) is 8.41. The molecule has 5 nitrogen and oxygen atoms in total. The monoisotopic (exact) mass is 548 g/mol. The Balaban J connectivity index is 1.42. The van der Waals surface area contributed by atoms with Crippen LogP contribution in [-0.2, 0) is 9.53 Å². The number of allylic oxidation sites excluding steroid dienone is 4. The molecule has 6 rings (SSSR count). The van der Waals surface area contributed by atoms with Crippen LogP contribution in [0.2, 0.25) is 0 Å². The lowest BCUT2D eigenvalue weighted by atomic mass is 9.50. The Bertz CT molecular complexity index is 1340. The number of halogens is 2. The Morgan fingerprint density at radius 1 is 1.18 bits per heavy atom. The first-order valence-corrected chi connectivity index (χ1v) is 14.6. The summed E-state index contributed by atoms with van der Waals surface area (Å²) in [5.41, 5.74) is 6.53. The third-order valence-electron chi connectivity index (χ3n) is 10.6. The van der Waals surface area contributed by atoms with Gasteiger partial charge in [0.05, 0.1) is 5.71 Å². The Labute approximate surface area is 235 Å². The second-order valence-electron chi connectivity index (χ2n) is 12.7. The molecule has 0 radical (unpaired) electrons. The van der Waals surface area contributed by atoms with Crippen molar-refractivity contribution >= 4 is 11.6 Å². The minimum absolute atomic E-state index is 0.0124. The number of nitrogens with zero attached hydrogens (tertiary/aromatic N) is 1. The number of benzene rings is 1. The molecular formula is C33H38F2N2O3. The van der Waals surface area contributed by atoms with Crippen LogP contribution >= 0.6 is 0 Å². The third kappa shape index (κ3) is 4.26. The van der Waals surface area contributed by atoms with E-state index in [1.807, 2.05) is 6.92 Å². The van der Waals surface area contributed by atoms with Gasteiger partial charge in [-0.05, 0) is 110 Å². The van der Waals surface area contributed by atoms with Crippen LogP contribution in [0.5, 0.6) is 0 Å². The van der Waals surface area contributed by atoms with Crippen LogP contribution in [0.3, 0.4) is 0 Å². The SMILES string of the molecule is C#CC(F)(F)[C@]1(O)CC[C@H]2[C@@H]3CCC4=C/C(=N/NC(=O)COC)CCC4=C3[C@H](c3ccc(C4CC4)cc3)C[C@@]21C. The number of amides is 1. The quantitative estimate of drug-likeness (QED) is 0.338. The van der Waals surface area contributed by atoms with Crippen molar-refractivity contribution in [2.24, 2.45) is 22.4 Å². The minimum Gasteiger partial charge on any atom is -0.382 e. The lowest BCUT2D eigenvalue weighted by Gasteiger charge is -2.55. The molecule has 0 heterocycles. The molecule has 0 saturated heterocycles. The van der Waals surface area contributed by atoms with E-state index in [0.29, 0.717) is 25.2 Å². The summed E-state index contributed by atoms with van der Waals surface area (Å²) in [7, 11) is 1.47. The predicted molar refractivity (Wildman–Crippen MR) is 150 cm³/mol. The van der Waals surface area contributed by atoms with Crippen LogP contribution in [-0.4, -0.2) is 42.0 Å². The van der Waals surface area contributed by atoms with E-state index in [4.69, 9.17) is 11.2 Å². The average molecular weight is 549 g/mol. The number of hydrogen-bond donors (Lipinski definition) is 2. The van der Waals surface area contributed by atoms with Crippen LogP contribution in [0.4, 0.5) is 8.78 Å². The Morgan fingerprint density at radius 3 is 2.58 bits per heavy atom. The summed E-state index contributed by atoms with van der Waals surface area (Å²) >= 11 is 0. The first-order chi connectivity index (χ1) is 19.1. The first kappa shape index (κ1) is 27.4. The first-order valence-electron chi connectivity index (χ1n) is 14.6. The van der Waals surface area contributed by atoms with Gasteiger partial charge in [0.2, 0.25) is 0 Å². The highest BCUT2D eigenvalue weighted by molar-refractivity contribution is 5.98. The molecule has 7 heteroatoms. The van der Waals surface area contributed by atoms with Gasteiger partial charge in [-0.3, -0.25) is 4.79 Å². The topological polar surface area (TPSA) is 70.9 Å². The predicted octanol–water partition coefficient (Wildman–Crippen LogP) is 6.01. The molecule has 1 aromatic carbocycles. The van der Waals surface area contributed by atoms with Gasteiger partial charge in [-0.15, -0.1) is 6.42 Å². The van der Waals surface area contributed by atoms with Gasteiger partial charge >= 0.3 is 5.92 Å². The van der Waals surface area contributed by atoms with Crippen molar-refractivity contribution in [3.05, 3.63) is 58.2 Å². The van der Waals surface area contributed by atoms with Gasteiger partial charge in [0, 0.05) is 18.4 Å². The number of alkyl halides is 2. The molecule has 0 spiro atoms. The molecule has 0 bridgehead atoms. The number of carbonyl (C=O) groups is 1. The van der Waals surface area contributed by atoms with Crippen LogP contribution in [0.15, 0.2) is 52.2 Å². The molecule has 1 amide bonds. The normalized spacial score (nSPS) is 34.5. The van der Waals surface area contributed by atoms with Crippen molar-refractivity contribution in [2.45, 2.75) is 88.1 Å². The van der Waals surface area contributed by atoms with Gasteiger partial charge < -0.3 is 9.84 Å². The van der Waals surface area contributed by atoms with E-state index in [0.717, 1.165) is 30.5 Å². The van der Waals surface area contributed by atoms with E-state index in [1.165, 1.54) is 42.2 Å². The number of aliphatic hydroxyl groups is 1. The zero-order chi connectivity index (χ0) is 28.3. The van der Waals surface area contributed by atoms with Gasteiger partial charge in [0.15, 0.2) is 0 Å². The molecule has 40 heavy (non-hydrogen) atoms. The number of ether oxygens (including phenoxy) is 1. The largest absolute Gasteiger partial charge is 0.382 e. The number of rotatable bonds is 6. The maximum atomic E-state index is 15.3. The van der Waals surface area contributed by atoms with E-state index in [1.54, 1.807) is 5.92 Å².